The van der Waals surface area contributed by atoms with Gasteiger partial charge in [0.1, 0.15) is 0 Å². The molecule has 0 bridgehead atoms. The van der Waals surface area contributed by atoms with Crippen molar-refractivity contribution in [1.29, 1.82) is 0 Å². The molecule has 1 saturated heterocycles. The summed E-state index contributed by atoms with van der Waals surface area (Å²) in [6, 6.07) is 6.27. The average Bonchev–Trinajstić information content (AvgIpc) is 3.41. The maximum absolute atomic E-state index is 12.8. The predicted molar refractivity (Wildman–Crippen MR) is 109 cm³/mol. The van der Waals surface area contributed by atoms with Crippen LogP contribution in [0, 0.1) is 12.8 Å². The van der Waals surface area contributed by atoms with Crippen molar-refractivity contribution in [3.05, 3.63) is 41.3 Å². The number of hydrogen-bond donors (Lipinski definition) is 1. The quantitative estimate of drug-likeness (QED) is 0.728. The van der Waals surface area contributed by atoms with Crippen molar-refractivity contribution >= 4 is 22.6 Å². The number of anilines is 1. The van der Waals surface area contributed by atoms with Gasteiger partial charge in [-0.15, -0.1) is 0 Å². The zero-order valence-electron chi connectivity index (χ0n) is 16.5. The summed E-state index contributed by atoms with van der Waals surface area (Å²) in [5.41, 5.74) is 6.05. The molecule has 3 aliphatic rings. The molecule has 1 N–H and O–H groups in total. The van der Waals surface area contributed by atoms with Crippen LogP contribution in [-0.4, -0.2) is 29.3 Å². The molecule has 2 aliphatic heterocycles. The Bertz CT molecular complexity index is 1140. The molecule has 1 aromatic carbocycles. The highest BCUT2D eigenvalue weighted by Crippen LogP contribution is 2.45. The molecule has 1 spiro atoms. The molecule has 6 rings (SSSR count). The highest BCUT2D eigenvalue weighted by molar-refractivity contribution is 6.06. The van der Waals surface area contributed by atoms with Crippen molar-refractivity contribution in [2.24, 2.45) is 5.92 Å². The van der Waals surface area contributed by atoms with E-state index in [1.54, 1.807) is 0 Å². The van der Waals surface area contributed by atoms with Gasteiger partial charge in [0.05, 0.1) is 22.5 Å². The summed E-state index contributed by atoms with van der Waals surface area (Å²) < 4.78 is 11.3. The smallest absolute Gasteiger partial charge is 0.236 e. The highest BCUT2D eigenvalue weighted by Gasteiger charge is 2.49. The third-order valence-electron chi connectivity index (χ3n) is 6.76. The zero-order chi connectivity index (χ0) is 19.6. The van der Waals surface area contributed by atoms with Crippen LogP contribution >= 0.6 is 0 Å². The normalized spacial score (nSPS) is 20.2. The van der Waals surface area contributed by atoms with Crippen LogP contribution in [0.5, 0.6) is 0 Å². The Morgan fingerprint density at radius 1 is 1.24 bits per heavy atom. The summed E-state index contributed by atoms with van der Waals surface area (Å²) >= 11 is 0. The second kappa shape index (κ2) is 6.13. The van der Waals surface area contributed by atoms with E-state index < -0.39 is 5.41 Å². The third kappa shape index (κ3) is 2.55. The predicted octanol–water partition coefficient (Wildman–Crippen LogP) is 4.15. The number of benzene rings is 1. The summed E-state index contributed by atoms with van der Waals surface area (Å²) in [5.74, 6) is 0.794. The fourth-order valence-corrected chi connectivity index (χ4v) is 4.87. The Labute approximate surface area is 168 Å². The molecule has 4 heterocycles. The Morgan fingerprint density at radius 3 is 2.86 bits per heavy atom. The van der Waals surface area contributed by atoms with Gasteiger partial charge in [0, 0.05) is 35.9 Å². The number of nitrogens with one attached hydrogen (secondary N) is 1. The van der Waals surface area contributed by atoms with E-state index in [0.29, 0.717) is 26.1 Å². The van der Waals surface area contributed by atoms with Gasteiger partial charge in [0.15, 0.2) is 5.58 Å². The van der Waals surface area contributed by atoms with Crippen LogP contribution in [0.25, 0.3) is 22.1 Å². The summed E-state index contributed by atoms with van der Waals surface area (Å²) in [7, 11) is 0. The first-order valence-electron chi connectivity index (χ1n) is 10.4. The molecule has 1 amide bonds. The first-order valence-corrected chi connectivity index (χ1v) is 10.4. The van der Waals surface area contributed by atoms with E-state index >= 15 is 0 Å². The molecular formula is C23H23N3O3. The molecule has 0 unspecified atom stereocenters. The fourth-order valence-electron chi connectivity index (χ4n) is 4.87. The van der Waals surface area contributed by atoms with Gasteiger partial charge in [-0.3, -0.25) is 9.78 Å². The van der Waals surface area contributed by atoms with E-state index in [-0.39, 0.29) is 5.91 Å². The van der Waals surface area contributed by atoms with Crippen molar-refractivity contribution in [2.45, 2.75) is 44.4 Å². The van der Waals surface area contributed by atoms with Gasteiger partial charge >= 0.3 is 0 Å². The van der Waals surface area contributed by atoms with Crippen LogP contribution in [0.4, 0.5) is 5.69 Å². The number of fused-ring (bicyclic) bond motifs is 3. The Morgan fingerprint density at radius 2 is 2.07 bits per heavy atom. The largest absolute Gasteiger partial charge is 0.381 e. The van der Waals surface area contributed by atoms with E-state index in [9.17, 15) is 4.79 Å². The number of carbonyl (C=O) groups excluding carboxylic acids is 1. The lowest BCUT2D eigenvalue weighted by molar-refractivity contribution is -0.124. The average molecular weight is 389 g/mol. The van der Waals surface area contributed by atoms with Gasteiger partial charge in [0.2, 0.25) is 5.91 Å². The van der Waals surface area contributed by atoms with Crippen LogP contribution < -0.4 is 5.32 Å². The van der Waals surface area contributed by atoms with E-state index in [4.69, 9.17) is 14.2 Å². The van der Waals surface area contributed by atoms with E-state index in [2.05, 4.69) is 29.5 Å². The lowest BCUT2D eigenvalue weighted by Gasteiger charge is -2.30. The molecule has 148 valence electrons. The summed E-state index contributed by atoms with van der Waals surface area (Å²) in [5, 5.41) is 8.53. The van der Waals surface area contributed by atoms with Crippen molar-refractivity contribution in [3.8, 4) is 11.1 Å². The molecule has 6 nitrogen and oxygen atoms in total. The number of nitrogens with zero attached hydrogens (tertiary/aromatic N) is 2. The van der Waals surface area contributed by atoms with Crippen molar-refractivity contribution in [2.75, 3.05) is 18.5 Å². The van der Waals surface area contributed by atoms with E-state index in [0.717, 1.165) is 57.1 Å². The number of carbonyl (C=O) groups is 1. The Hall–Kier alpha value is -2.73. The molecule has 29 heavy (non-hydrogen) atoms. The minimum absolute atomic E-state index is 0.0433. The number of ether oxygens (including phenoxy) is 1. The monoisotopic (exact) mass is 389 g/mol. The SMILES string of the molecule is Cc1ccc2c(CC3CC3)noc2c1-c1cnc2c(c1)NC(=O)C21CCOCC1. The number of aryl methyl sites for hydroxylation is 1. The second-order valence-electron chi connectivity index (χ2n) is 8.68. The summed E-state index contributed by atoms with van der Waals surface area (Å²) in [6.07, 6.45) is 6.79. The Balaban J connectivity index is 1.46. The first kappa shape index (κ1) is 17.2. The lowest BCUT2D eigenvalue weighted by Crippen LogP contribution is -2.40. The molecule has 2 aromatic heterocycles. The van der Waals surface area contributed by atoms with Crippen LogP contribution in [0.3, 0.4) is 0 Å². The van der Waals surface area contributed by atoms with Crippen LogP contribution in [0.2, 0.25) is 0 Å². The molecule has 3 aromatic rings. The number of aromatic nitrogens is 2. The molecule has 0 atom stereocenters. The first-order chi connectivity index (χ1) is 14.2. The zero-order valence-corrected chi connectivity index (χ0v) is 16.5. The molecule has 1 aliphatic carbocycles. The number of rotatable bonds is 3. The molecular weight excluding hydrogens is 366 g/mol. The minimum Gasteiger partial charge on any atom is -0.381 e. The molecule has 6 heteroatoms. The standard InChI is InChI=1S/C23H23N3O3/c1-13-2-5-16-17(10-14-3-4-14)26-29-20(16)19(13)15-11-18-21(24-12-15)23(22(27)25-18)6-8-28-9-7-23/h2,5,11-12,14H,3-4,6-10H2,1H3,(H,25,27). The van der Waals surface area contributed by atoms with Crippen LogP contribution in [0.1, 0.15) is 42.6 Å². The number of pyridine rings is 1. The van der Waals surface area contributed by atoms with Gasteiger partial charge in [-0.25, -0.2) is 0 Å². The van der Waals surface area contributed by atoms with Crippen molar-refractivity contribution in [1.82, 2.24) is 10.1 Å². The van der Waals surface area contributed by atoms with Gasteiger partial charge in [-0.05, 0) is 62.6 Å². The van der Waals surface area contributed by atoms with Gasteiger partial charge in [-0.1, -0.05) is 11.2 Å². The second-order valence-corrected chi connectivity index (χ2v) is 8.68. The third-order valence-corrected chi connectivity index (χ3v) is 6.76. The van der Waals surface area contributed by atoms with Crippen molar-refractivity contribution < 1.29 is 14.1 Å². The number of amides is 1. The van der Waals surface area contributed by atoms with E-state index in [1.165, 1.54) is 12.8 Å². The maximum atomic E-state index is 12.8. The molecule has 2 fully saturated rings. The lowest BCUT2D eigenvalue weighted by atomic mass is 9.78. The fraction of sp³-hybridized carbons (Fsp3) is 0.435. The molecule has 0 radical (unpaired) electrons. The summed E-state index contributed by atoms with van der Waals surface area (Å²) in [6.45, 7) is 3.26. The van der Waals surface area contributed by atoms with Crippen LogP contribution in [0.15, 0.2) is 28.9 Å². The van der Waals surface area contributed by atoms with Crippen molar-refractivity contribution in [3.63, 3.8) is 0 Å². The van der Waals surface area contributed by atoms with Crippen LogP contribution in [-0.2, 0) is 21.4 Å². The van der Waals surface area contributed by atoms with Gasteiger partial charge in [0.25, 0.3) is 0 Å². The molecule has 1 saturated carbocycles. The number of hydrogen-bond acceptors (Lipinski definition) is 5. The topological polar surface area (TPSA) is 77.3 Å². The maximum Gasteiger partial charge on any atom is 0.236 e. The van der Waals surface area contributed by atoms with Gasteiger partial charge < -0.3 is 14.6 Å². The highest BCUT2D eigenvalue weighted by atomic mass is 16.5. The van der Waals surface area contributed by atoms with Gasteiger partial charge in [-0.2, -0.15) is 0 Å². The van der Waals surface area contributed by atoms with E-state index in [1.807, 2.05) is 12.3 Å². The Kier molecular flexibility index (Phi) is 3.63. The summed E-state index contributed by atoms with van der Waals surface area (Å²) in [4.78, 5) is 17.6. The minimum atomic E-state index is -0.545.